The fourth-order valence-corrected chi connectivity index (χ4v) is 2.07. The minimum Gasteiger partial charge on any atom is -0.396 e. The van der Waals surface area contributed by atoms with Gasteiger partial charge in [-0.3, -0.25) is 0 Å². The summed E-state index contributed by atoms with van der Waals surface area (Å²) in [5, 5.41) is 14.7. The Balaban J connectivity index is 2.19. The summed E-state index contributed by atoms with van der Waals surface area (Å²) in [6.45, 7) is 4.83. The van der Waals surface area contributed by atoms with Gasteiger partial charge in [0.15, 0.2) is 0 Å². The lowest BCUT2D eigenvalue weighted by Gasteiger charge is -2.21. The van der Waals surface area contributed by atoms with E-state index in [-0.39, 0.29) is 18.7 Å². The summed E-state index contributed by atoms with van der Waals surface area (Å²) < 4.78 is 0. The van der Waals surface area contributed by atoms with Crippen LogP contribution in [0.2, 0.25) is 0 Å². The van der Waals surface area contributed by atoms with Crippen LogP contribution in [0.1, 0.15) is 32.3 Å². The van der Waals surface area contributed by atoms with Gasteiger partial charge in [-0.25, -0.2) is 4.79 Å². The molecule has 1 atom stereocenters. The van der Waals surface area contributed by atoms with Crippen molar-refractivity contribution < 1.29 is 9.90 Å². The van der Waals surface area contributed by atoms with Gasteiger partial charge in [0.05, 0.1) is 0 Å². The van der Waals surface area contributed by atoms with E-state index in [4.69, 9.17) is 5.11 Å². The van der Waals surface area contributed by atoms with E-state index in [1.165, 1.54) is 5.56 Å². The molecule has 0 aliphatic rings. The molecule has 4 nitrogen and oxygen atoms in total. The number of carbonyl (C=O) groups excluding carboxylic acids is 1. The Morgan fingerprint density at radius 3 is 2.55 bits per heavy atom. The highest BCUT2D eigenvalue weighted by Gasteiger charge is 2.14. The van der Waals surface area contributed by atoms with Gasteiger partial charge in [-0.05, 0) is 30.7 Å². The number of hydrogen-bond donors (Lipinski definition) is 3. The number of aliphatic hydroxyl groups is 1. The average Bonchev–Trinajstić information content (AvgIpc) is 2.44. The fraction of sp³-hybridized carbons (Fsp3) is 0.562. The molecule has 1 aromatic rings. The SMILES string of the molecule is CC(C)C(CCO)NC(=O)NCCCc1ccccc1. The minimum atomic E-state index is -0.148. The molecular formula is C16H26N2O2. The van der Waals surface area contributed by atoms with Crippen LogP contribution >= 0.6 is 0 Å². The molecule has 1 unspecified atom stereocenters. The van der Waals surface area contributed by atoms with Crippen molar-refractivity contribution in [2.75, 3.05) is 13.2 Å². The third-order valence-corrected chi connectivity index (χ3v) is 3.33. The summed E-state index contributed by atoms with van der Waals surface area (Å²) in [6.07, 6.45) is 2.48. The zero-order valence-electron chi connectivity index (χ0n) is 12.4. The molecule has 0 heterocycles. The van der Waals surface area contributed by atoms with Gasteiger partial charge in [-0.1, -0.05) is 44.2 Å². The number of benzene rings is 1. The van der Waals surface area contributed by atoms with Gasteiger partial charge < -0.3 is 15.7 Å². The smallest absolute Gasteiger partial charge is 0.315 e. The van der Waals surface area contributed by atoms with E-state index in [2.05, 4.69) is 22.8 Å². The first kappa shape index (κ1) is 16.5. The molecule has 0 bridgehead atoms. The van der Waals surface area contributed by atoms with Crippen LogP contribution in [0.5, 0.6) is 0 Å². The molecule has 0 fully saturated rings. The van der Waals surface area contributed by atoms with E-state index in [1.54, 1.807) is 0 Å². The van der Waals surface area contributed by atoms with Crippen molar-refractivity contribution >= 4 is 6.03 Å². The van der Waals surface area contributed by atoms with Crippen LogP contribution in [-0.2, 0) is 6.42 Å². The molecule has 0 saturated carbocycles. The molecule has 0 aromatic heterocycles. The Labute approximate surface area is 121 Å². The lowest BCUT2D eigenvalue weighted by atomic mass is 10.0. The highest BCUT2D eigenvalue weighted by Crippen LogP contribution is 2.05. The first-order valence-electron chi connectivity index (χ1n) is 7.32. The van der Waals surface area contributed by atoms with Crippen molar-refractivity contribution in [2.45, 2.75) is 39.2 Å². The largest absolute Gasteiger partial charge is 0.396 e. The molecule has 1 rings (SSSR count). The molecule has 0 radical (unpaired) electrons. The molecule has 0 saturated heterocycles. The highest BCUT2D eigenvalue weighted by atomic mass is 16.3. The number of nitrogens with one attached hydrogen (secondary N) is 2. The van der Waals surface area contributed by atoms with Crippen LogP contribution in [0, 0.1) is 5.92 Å². The third-order valence-electron chi connectivity index (χ3n) is 3.33. The normalized spacial score (nSPS) is 12.2. The first-order valence-corrected chi connectivity index (χ1v) is 7.32. The molecule has 20 heavy (non-hydrogen) atoms. The van der Waals surface area contributed by atoms with Crippen molar-refractivity contribution in [1.82, 2.24) is 10.6 Å². The fourth-order valence-electron chi connectivity index (χ4n) is 2.07. The van der Waals surface area contributed by atoms with Gasteiger partial charge in [0.1, 0.15) is 0 Å². The molecule has 0 spiro atoms. The van der Waals surface area contributed by atoms with Crippen LogP contribution in [-0.4, -0.2) is 30.3 Å². The molecule has 1 aromatic carbocycles. The van der Waals surface area contributed by atoms with Crippen LogP contribution in [0.25, 0.3) is 0 Å². The number of carbonyl (C=O) groups is 1. The summed E-state index contributed by atoms with van der Waals surface area (Å²) >= 11 is 0. The predicted molar refractivity (Wildman–Crippen MR) is 81.6 cm³/mol. The zero-order chi connectivity index (χ0) is 14.8. The van der Waals surface area contributed by atoms with E-state index in [0.717, 1.165) is 12.8 Å². The number of rotatable bonds is 8. The van der Waals surface area contributed by atoms with Crippen molar-refractivity contribution in [3.8, 4) is 0 Å². The standard InChI is InChI=1S/C16H26N2O2/c1-13(2)15(10-12-19)18-16(20)17-11-6-9-14-7-4-3-5-8-14/h3-5,7-8,13,15,19H,6,9-12H2,1-2H3,(H2,17,18,20). The zero-order valence-corrected chi connectivity index (χ0v) is 12.4. The van der Waals surface area contributed by atoms with E-state index in [0.29, 0.717) is 18.9 Å². The van der Waals surface area contributed by atoms with Crippen LogP contribution < -0.4 is 10.6 Å². The third kappa shape index (κ3) is 6.57. The average molecular weight is 278 g/mol. The lowest BCUT2D eigenvalue weighted by molar-refractivity contribution is 0.219. The molecular weight excluding hydrogens is 252 g/mol. The molecule has 2 amide bonds. The number of hydrogen-bond acceptors (Lipinski definition) is 2. The molecule has 0 aliphatic carbocycles. The Morgan fingerprint density at radius 1 is 1.25 bits per heavy atom. The van der Waals surface area contributed by atoms with Crippen LogP contribution in [0.3, 0.4) is 0 Å². The maximum atomic E-state index is 11.7. The molecule has 0 aliphatic heterocycles. The summed E-state index contributed by atoms with van der Waals surface area (Å²) in [7, 11) is 0. The van der Waals surface area contributed by atoms with E-state index < -0.39 is 0 Å². The summed E-state index contributed by atoms with van der Waals surface area (Å²) in [5.74, 6) is 0.317. The lowest BCUT2D eigenvalue weighted by Crippen LogP contribution is -2.45. The number of urea groups is 1. The maximum absolute atomic E-state index is 11.7. The van der Waals surface area contributed by atoms with Crippen molar-refractivity contribution in [3.05, 3.63) is 35.9 Å². The van der Waals surface area contributed by atoms with Crippen molar-refractivity contribution in [1.29, 1.82) is 0 Å². The minimum absolute atomic E-state index is 0.0223. The van der Waals surface area contributed by atoms with Crippen molar-refractivity contribution in [2.24, 2.45) is 5.92 Å². The summed E-state index contributed by atoms with van der Waals surface area (Å²) in [5.41, 5.74) is 1.29. The second kappa shape index (κ2) is 9.37. The predicted octanol–water partition coefficient (Wildman–Crippen LogP) is 2.33. The molecule has 4 heteroatoms. The van der Waals surface area contributed by atoms with Gasteiger partial charge in [0.2, 0.25) is 0 Å². The number of aryl methyl sites for hydroxylation is 1. The van der Waals surface area contributed by atoms with Crippen molar-refractivity contribution in [3.63, 3.8) is 0 Å². The van der Waals surface area contributed by atoms with Gasteiger partial charge in [0.25, 0.3) is 0 Å². The Bertz CT molecular complexity index is 379. The number of aliphatic hydroxyl groups excluding tert-OH is 1. The van der Waals surface area contributed by atoms with E-state index in [1.807, 2.05) is 32.0 Å². The van der Waals surface area contributed by atoms with Gasteiger partial charge in [-0.2, -0.15) is 0 Å². The summed E-state index contributed by atoms with van der Waals surface area (Å²) in [6, 6.07) is 10.1. The Morgan fingerprint density at radius 2 is 1.95 bits per heavy atom. The van der Waals surface area contributed by atoms with E-state index >= 15 is 0 Å². The topological polar surface area (TPSA) is 61.4 Å². The first-order chi connectivity index (χ1) is 9.63. The van der Waals surface area contributed by atoms with Crippen LogP contribution in [0.15, 0.2) is 30.3 Å². The Kier molecular flexibility index (Phi) is 7.73. The van der Waals surface area contributed by atoms with Gasteiger partial charge in [-0.15, -0.1) is 0 Å². The number of amides is 2. The van der Waals surface area contributed by atoms with Gasteiger partial charge >= 0.3 is 6.03 Å². The maximum Gasteiger partial charge on any atom is 0.315 e. The van der Waals surface area contributed by atoms with E-state index in [9.17, 15) is 4.79 Å². The molecule has 112 valence electrons. The van der Waals surface area contributed by atoms with Gasteiger partial charge in [0, 0.05) is 19.2 Å². The highest BCUT2D eigenvalue weighted by molar-refractivity contribution is 5.74. The Hall–Kier alpha value is -1.55. The summed E-state index contributed by atoms with van der Waals surface area (Å²) in [4.78, 5) is 11.7. The quantitative estimate of drug-likeness (QED) is 0.639. The molecule has 3 N–H and O–H groups in total. The van der Waals surface area contributed by atoms with Crippen LogP contribution in [0.4, 0.5) is 4.79 Å². The second-order valence-electron chi connectivity index (χ2n) is 5.35. The second-order valence-corrected chi connectivity index (χ2v) is 5.35. The monoisotopic (exact) mass is 278 g/mol.